The molecule has 1 heterocycles. The van der Waals surface area contributed by atoms with Gasteiger partial charge in [-0.1, -0.05) is 26.0 Å². The van der Waals surface area contributed by atoms with Gasteiger partial charge in [0.15, 0.2) is 11.6 Å². The Morgan fingerprint density at radius 1 is 1.05 bits per heavy atom. The lowest BCUT2D eigenvalue weighted by Crippen LogP contribution is -1.98. The van der Waals surface area contributed by atoms with E-state index in [1.807, 2.05) is 19.9 Å². The van der Waals surface area contributed by atoms with E-state index in [1.165, 1.54) is 0 Å². The molecule has 100 valence electrons. The number of pyridine rings is 1. The van der Waals surface area contributed by atoms with E-state index < -0.39 is 23.5 Å². The van der Waals surface area contributed by atoms with Crippen LogP contribution < -0.4 is 4.74 Å². The van der Waals surface area contributed by atoms with Gasteiger partial charge in [0.1, 0.15) is 5.75 Å². The molecule has 2 nitrogen and oxygen atoms in total. The first kappa shape index (κ1) is 13.4. The lowest BCUT2D eigenvalue weighted by atomic mass is 10.0. The molecule has 0 fully saturated rings. The number of ether oxygens (including phenoxy) is 1. The predicted octanol–water partition coefficient (Wildman–Crippen LogP) is 4.41. The average molecular weight is 267 g/mol. The highest BCUT2D eigenvalue weighted by molar-refractivity contribution is 5.33. The van der Waals surface area contributed by atoms with Crippen molar-refractivity contribution >= 4 is 0 Å². The van der Waals surface area contributed by atoms with Crippen molar-refractivity contribution in [2.24, 2.45) is 0 Å². The highest BCUT2D eigenvalue weighted by Gasteiger charge is 2.13. The van der Waals surface area contributed by atoms with E-state index in [4.69, 9.17) is 4.74 Å². The minimum atomic E-state index is -1.39. The van der Waals surface area contributed by atoms with Crippen LogP contribution in [0.4, 0.5) is 13.2 Å². The number of aromatic nitrogens is 1. The Kier molecular flexibility index (Phi) is 3.74. The number of halogens is 3. The molecule has 0 radical (unpaired) electrons. The third-order valence-electron chi connectivity index (χ3n) is 2.59. The quantitative estimate of drug-likeness (QED) is 0.768. The molecule has 19 heavy (non-hydrogen) atoms. The number of benzene rings is 1. The molecule has 2 aromatic rings. The van der Waals surface area contributed by atoms with Gasteiger partial charge in [-0.05, 0) is 23.6 Å². The summed E-state index contributed by atoms with van der Waals surface area (Å²) in [7, 11) is 0. The minimum absolute atomic E-state index is 0.270. The molecule has 0 N–H and O–H groups in total. The number of rotatable bonds is 3. The first-order valence-electron chi connectivity index (χ1n) is 5.76. The molecule has 2 rings (SSSR count). The molecule has 0 atom stereocenters. The van der Waals surface area contributed by atoms with Gasteiger partial charge in [0.25, 0.3) is 11.8 Å². The van der Waals surface area contributed by atoms with Crippen molar-refractivity contribution in [3.8, 4) is 11.6 Å². The van der Waals surface area contributed by atoms with Crippen LogP contribution in [0.3, 0.4) is 0 Å². The van der Waals surface area contributed by atoms with Gasteiger partial charge in [0.2, 0.25) is 0 Å². The van der Waals surface area contributed by atoms with E-state index in [-0.39, 0.29) is 5.92 Å². The van der Waals surface area contributed by atoms with Crippen LogP contribution in [0.2, 0.25) is 0 Å². The van der Waals surface area contributed by atoms with Crippen LogP contribution in [0.1, 0.15) is 25.3 Å². The second-order valence-corrected chi connectivity index (χ2v) is 4.38. The van der Waals surface area contributed by atoms with Gasteiger partial charge in [0.05, 0.1) is 0 Å². The molecule has 0 unspecified atom stereocenters. The molecule has 0 aliphatic rings. The fourth-order valence-corrected chi connectivity index (χ4v) is 1.55. The van der Waals surface area contributed by atoms with Gasteiger partial charge < -0.3 is 4.74 Å². The Morgan fingerprint density at radius 2 is 1.79 bits per heavy atom. The lowest BCUT2D eigenvalue weighted by molar-refractivity contribution is 0.386. The molecule has 0 spiro atoms. The van der Waals surface area contributed by atoms with E-state index in [2.05, 4.69) is 4.98 Å². The number of hydrogen-bond donors (Lipinski definition) is 0. The summed E-state index contributed by atoms with van der Waals surface area (Å²) in [5, 5.41) is 0. The maximum Gasteiger partial charge on any atom is 0.258 e. The fraction of sp³-hybridized carbons (Fsp3) is 0.214. The predicted molar refractivity (Wildman–Crippen MR) is 64.7 cm³/mol. The molecule has 0 aliphatic heterocycles. The Morgan fingerprint density at radius 3 is 2.47 bits per heavy atom. The molecular weight excluding hydrogens is 255 g/mol. The molecular formula is C14H12F3NO. The van der Waals surface area contributed by atoms with Gasteiger partial charge in [0, 0.05) is 6.07 Å². The Bertz CT molecular complexity index is 599. The average Bonchev–Trinajstić information content (AvgIpc) is 2.36. The second kappa shape index (κ2) is 5.30. The minimum Gasteiger partial charge on any atom is -0.436 e. The van der Waals surface area contributed by atoms with Crippen molar-refractivity contribution in [3.63, 3.8) is 0 Å². The summed E-state index contributed by atoms with van der Waals surface area (Å²) in [4.78, 5) is 3.10. The monoisotopic (exact) mass is 267 g/mol. The largest absolute Gasteiger partial charge is 0.436 e. The van der Waals surface area contributed by atoms with Crippen molar-refractivity contribution in [1.82, 2.24) is 4.98 Å². The van der Waals surface area contributed by atoms with Crippen LogP contribution in [0, 0.1) is 17.6 Å². The zero-order valence-corrected chi connectivity index (χ0v) is 10.5. The van der Waals surface area contributed by atoms with Gasteiger partial charge in [-0.25, -0.2) is 8.78 Å². The van der Waals surface area contributed by atoms with E-state index in [0.717, 1.165) is 5.56 Å². The maximum absolute atomic E-state index is 13.4. The summed E-state index contributed by atoms with van der Waals surface area (Å²) in [6, 6.07) is 7.33. The Labute approximate surface area is 108 Å². The molecule has 1 aromatic heterocycles. The third-order valence-corrected chi connectivity index (χ3v) is 2.59. The summed E-state index contributed by atoms with van der Waals surface area (Å²) in [5.41, 5.74) is 0.987. The first-order chi connectivity index (χ1) is 8.97. The zero-order chi connectivity index (χ0) is 14.0. The standard InChI is InChI=1S/C14H12F3NO/c1-8(2)9-4-3-5-10(6-9)19-14-12(16)7-11(15)13(17)18-14/h3-8H,1-2H3. The van der Waals surface area contributed by atoms with Gasteiger partial charge >= 0.3 is 0 Å². The number of nitrogens with zero attached hydrogens (tertiary/aromatic N) is 1. The van der Waals surface area contributed by atoms with Gasteiger partial charge in [-0.2, -0.15) is 9.37 Å². The summed E-state index contributed by atoms with van der Waals surface area (Å²) in [6.45, 7) is 3.99. The zero-order valence-electron chi connectivity index (χ0n) is 10.5. The highest BCUT2D eigenvalue weighted by atomic mass is 19.2. The van der Waals surface area contributed by atoms with Crippen molar-refractivity contribution < 1.29 is 17.9 Å². The van der Waals surface area contributed by atoms with Crippen LogP contribution in [0.25, 0.3) is 0 Å². The summed E-state index contributed by atoms with van der Waals surface area (Å²) >= 11 is 0. The van der Waals surface area contributed by atoms with E-state index in [1.54, 1.807) is 18.2 Å². The highest BCUT2D eigenvalue weighted by Crippen LogP contribution is 2.26. The molecule has 0 saturated carbocycles. The fourth-order valence-electron chi connectivity index (χ4n) is 1.55. The second-order valence-electron chi connectivity index (χ2n) is 4.38. The lowest BCUT2D eigenvalue weighted by Gasteiger charge is -2.09. The smallest absolute Gasteiger partial charge is 0.258 e. The van der Waals surface area contributed by atoms with Crippen molar-refractivity contribution in [2.45, 2.75) is 19.8 Å². The van der Waals surface area contributed by atoms with Gasteiger partial charge in [-0.3, -0.25) is 0 Å². The van der Waals surface area contributed by atoms with Gasteiger partial charge in [-0.15, -0.1) is 0 Å². The van der Waals surface area contributed by atoms with Crippen molar-refractivity contribution in [2.75, 3.05) is 0 Å². The summed E-state index contributed by atoms with van der Waals surface area (Å²) in [6.07, 6.45) is 0. The third kappa shape index (κ3) is 3.05. The molecule has 0 bridgehead atoms. The van der Waals surface area contributed by atoms with Crippen LogP contribution in [0.5, 0.6) is 11.6 Å². The normalized spacial score (nSPS) is 10.8. The van der Waals surface area contributed by atoms with E-state index in [0.29, 0.717) is 11.8 Å². The van der Waals surface area contributed by atoms with Crippen LogP contribution in [-0.4, -0.2) is 4.98 Å². The maximum atomic E-state index is 13.4. The topological polar surface area (TPSA) is 22.1 Å². The van der Waals surface area contributed by atoms with E-state index in [9.17, 15) is 13.2 Å². The van der Waals surface area contributed by atoms with Crippen molar-refractivity contribution in [3.05, 3.63) is 53.5 Å². The van der Waals surface area contributed by atoms with E-state index >= 15 is 0 Å². The summed E-state index contributed by atoms with van der Waals surface area (Å²) in [5.74, 6) is -3.78. The Balaban J connectivity index is 2.31. The molecule has 0 saturated heterocycles. The SMILES string of the molecule is CC(C)c1cccc(Oc2nc(F)c(F)cc2F)c1. The molecule has 1 aromatic carbocycles. The molecule has 0 amide bonds. The van der Waals surface area contributed by atoms with Crippen LogP contribution in [-0.2, 0) is 0 Å². The van der Waals surface area contributed by atoms with Crippen molar-refractivity contribution in [1.29, 1.82) is 0 Å². The Hall–Kier alpha value is -2.04. The summed E-state index contributed by atoms with van der Waals surface area (Å²) < 4.78 is 44.2. The van der Waals surface area contributed by atoms with Crippen LogP contribution >= 0.6 is 0 Å². The van der Waals surface area contributed by atoms with Crippen LogP contribution in [0.15, 0.2) is 30.3 Å². The first-order valence-corrected chi connectivity index (χ1v) is 5.76. The number of hydrogen-bond acceptors (Lipinski definition) is 2. The molecule has 5 heteroatoms. The molecule has 0 aliphatic carbocycles.